The van der Waals surface area contributed by atoms with Gasteiger partial charge in [-0.25, -0.2) is 0 Å². The van der Waals surface area contributed by atoms with Gasteiger partial charge in [0.1, 0.15) is 0 Å². The molecular weight excluding hydrogens is 302 g/mol. The van der Waals surface area contributed by atoms with Crippen LogP contribution < -0.4 is 0 Å². The minimum absolute atomic E-state index is 0.192. The van der Waals surface area contributed by atoms with Gasteiger partial charge in [-0.15, -0.1) is 0 Å². The Morgan fingerprint density at radius 2 is 1.28 bits per heavy atom. The van der Waals surface area contributed by atoms with Crippen molar-refractivity contribution >= 4 is 5.71 Å². The third kappa shape index (κ3) is 14.5. The monoisotopic (exact) mass is 351 g/mol. The number of rotatable bonds is 17. The normalized spacial score (nSPS) is 16.0. The first kappa shape index (κ1) is 24.7. The molecule has 0 fully saturated rings. The van der Waals surface area contributed by atoms with E-state index in [9.17, 15) is 0 Å². The molecule has 1 heteroatoms. The Bertz CT molecular complexity index is 320. The molecule has 0 saturated heterocycles. The largest absolute Gasteiger partial charge is 0.288 e. The zero-order valence-corrected chi connectivity index (χ0v) is 18.6. The minimum atomic E-state index is 0.192. The Labute approximate surface area is 160 Å². The van der Waals surface area contributed by atoms with E-state index in [1.807, 2.05) is 0 Å². The van der Waals surface area contributed by atoms with Gasteiger partial charge in [-0.3, -0.25) is 4.99 Å². The third-order valence-electron chi connectivity index (χ3n) is 5.63. The van der Waals surface area contributed by atoms with Crippen LogP contribution >= 0.6 is 0 Å². The van der Waals surface area contributed by atoms with Crippen molar-refractivity contribution < 1.29 is 0 Å². The molecule has 0 aromatic carbocycles. The second-order valence-corrected chi connectivity index (χ2v) is 8.75. The zero-order valence-electron chi connectivity index (χ0n) is 18.6. The predicted octanol–water partition coefficient (Wildman–Crippen LogP) is 8.75. The van der Waals surface area contributed by atoms with Gasteiger partial charge in [-0.1, -0.05) is 98.3 Å². The standard InChI is InChI=1S/C24H49N/c1-7-10-12-14-16-21-24(6,20-15-13-11-8-2)25-23(5)19-18-22(4)17-9-3/h22H,7-21H2,1-6H3/b25-23-. The van der Waals surface area contributed by atoms with Gasteiger partial charge in [0.2, 0.25) is 0 Å². The van der Waals surface area contributed by atoms with Crippen molar-refractivity contribution in [3.8, 4) is 0 Å². The summed E-state index contributed by atoms with van der Waals surface area (Å²) in [5.41, 5.74) is 1.59. The molecule has 1 nitrogen and oxygen atoms in total. The van der Waals surface area contributed by atoms with Crippen LogP contribution in [0.1, 0.15) is 138 Å². The topological polar surface area (TPSA) is 12.4 Å². The van der Waals surface area contributed by atoms with Gasteiger partial charge in [-0.05, 0) is 45.4 Å². The maximum absolute atomic E-state index is 5.27. The van der Waals surface area contributed by atoms with Crippen molar-refractivity contribution in [2.24, 2.45) is 10.9 Å². The van der Waals surface area contributed by atoms with Crippen LogP contribution in [0.4, 0.5) is 0 Å². The van der Waals surface area contributed by atoms with Crippen LogP contribution in [0.15, 0.2) is 4.99 Å². The molecule has 2 unspecified atom stereocenters. The van der Waals surface area contributed by atoms with Crippen LogP contribution in [0.25, 0.3) is 0 Å². The van der Waals surface area contributed by atoms with Crippen molar-refractivity contribution in [1.82, 2.24) is 0 Å². The number of nitrogens with zero attached hydrogens (tertiary/aromatic N) is 1. The number of hydrogen-bond donors (Lipinski definition) is 0. The van der Waals surface area contributed by atoms with E-state index >= 15 is 0 Å². The maximum Gasteiger partial charge on any atom is 0.0579 e. The fourth-order valence-electron chi connectivity index (χ4n) is 3.89. The molecule has 0 spiro atoms. The highest BCUT2D eigenvalue weighted by atomic mass is 14.9. The summed E-state index contributed by atoms with van der Waals surface area (Å²) in [7, 11) is 0. The highest BCUT2D eigenvalue weighted by Gasteiger charge is 2.22. The highest BCUT2D eigenvalue weighted by Crippen LogP contribution is 2.28. The van der Waals surface area contributed by atoms with Crippen molar-refractivity contribution in [2.75, 3.05) is 0 Å². The van der Waals surface area contributed by atoms with Crippen molar-refractivity contribution in [1.29, 1.82) is 0 Å². The van der Waals surface area contributed by atoms with E-state index in [1.54, 1.807) is 0 Å². The van der Waals surface area contributed by atoms with Gasteiger partial charge >= 0.3 is 0 Å². The zero-order chi connectivity index (χ0) is 19.0. The molecule has 2 atom stereocenters. The fourth-order valence-corrected chi connectivity index (χ4v) is 3.89. The lowest BCUT2D eigenvalue weighted by Gasteiger charge is -2.27. The predicted molar refractivity (Wildman–Crippen MR) is 117 cm³/mol. The van der Waals surface area contributed by atoms with Crippen molar-refractivity contribution in [3.05, 3.63) is 0 Å². The fraction of sp³-hybridized carbons (Fsp3) is 0.958. The Kier molecular flexibility index (Phi) is 15.7. The second-order valence-electron chi connectivity index (χ2n) is 8.75. The molecule has 0 amide bonds. The first-order valence-corrected chi connectivity index (χ1v) is 11.5. The van der Waals surface area contributed by atoms with Gasteiger partial charge in [0.25, 0.3) is 0 Å². The van der Waals surface area contributed by atoms with Gasteiger partial charge in [0, 0.05) is 5.71 Å². The SMILES string of the molecule is CCCCCCCC(C)(CCCCCC)/N=C(/C)CCC(C)CCC. The molecule has 0 saturated carbocycles. The second kappa shape index (κ2) is 15.9. The molecule has 0 aromatic rings. The Balaban J connectivity index is 4.53. The van der Waals surface area contributed by atoms with E-state index in [0.29, 0.717) is 0 Å². The number of hydrogen-bond acceptors (Lipinski definition) is 1. The van der Waals surface area contributed by atoms with Crippen LogP contribution in [0.3, 0.4) is 0 Å². The highest BCUT2D eigenvalue weighted by molar-refractivity contribution is 5.82. The summed E-state index contributed by atoms with van der Waals surface area (Å²) >= 11 is 0. The molecule has 0 aliphatic heterocycles. The summed E-state index contributed by atoms with van der Waals surface area (Å²) in [5.74, 6) is 0.847. The molecule has 150 valence electrons. The summed E-state index contributed by atoms with van der Waals surface area (Å²) < 4.78 is 0. The van der Waals surface area contributed by atoms with Crippen LogP contribution in [0.2, 0.25) is 0 Å². The van der Waals surface area contributed by atoms with Crippen LogP contribution in [0.5, 0.6) is 0 Å². The molecule has 0 aliphatic rings. The van der Waals surface area contributed by atoms with Crippen molar-refractivity contribution in [3.63, 3.8) is 0 Å². The van der Waals surface area contributed by atoms with Crippen LogP contribution in [-0.4, -0.2) is 11.3 Å². The summed E-state index contributed by atoms with van der Waals surface area (Å²) in [6, 6.07) is 0. The van der Waals surface area contributed by atoms with E-state index in [2.05, 4.69) is 41.5 Å². The summed E-state index contributed by atoms with van der Waals surface area (Å²) in [6.45, 7) is 14.0. The minimum Gasteiger partial charge on any atom is -0.288 e. The quantitative estimate of drug-likeness (QED) is 0.183. The average Bonchev–Trinajstić information content (AvgIpc) is 2.57. The van der Waals surface area contributed by atoms with E-state index in [1.165, 1.54) is 102 Å². The Morgan fingerprint density at radius 3 is 1.80 bits per heavy atom. The molecule has 0 radical (unpaired) electrons. The smallest absolute Gasteiger partial charge is 0.0579 e. The summed E-state index contributed by atoms with van der Waals surface area (Å²) in [6.07, 6.45) is 20.0. The summed E-state index contributed by atoms with van der Waals surface area (Å²) in [4.78, 5) is 5.27. The maximum atomic E-state index is 5.27. The lowest BCUT2D eigenvalue weighted by molar-refractivity contribution is 0.366. The van der Waals surface area contributed by atoms with E-state index in [0.717, 1.165) is 5.92 Å². The third-order valence-corrected chi connectivity index (χ3v) is 5.63. The van der Waals surface area contributed by atoms with Gasteiger partial charge in [0.05, 0.1) is 5.54 Å². The van der Waals surface area contributed by atoms with Gasteiger partial charge in [-0.2, -0.15) is 0 Å². The molecule has 0 N–H and O–H groups in total. The molecule has 0 heterocycles. The number of aliphatic imine (C=N–C) groups is 1. The molecular formula is C24H49N. The molecule has 0 aliphatic carbocycles. The Hall–Kier alpha value is -0.330. The molecule has 25 heavy (non-hydrogen) atoms. The molecule has 0 rings (SSSR count). The molecule has 0 aromatic heterocycles. The average molecular weight is 352 g/mol. The van der Waals surface area contributed by atoms with Crippen LogP contribution in [-0.2, 0) is 0 Å². The first-order valence-electron chi connectivity index (χ1n) is 11.5. The van der Waals surface area contributed by atoms with Crippen LogP contribution in [0, 0.1) is 5.92 Å². The van der Waals surface area contributed by atoms with Crippen molar-refractivity contribution in [2.45, 2.75) is 143 Å². The Morgan fingerprint density at radius 1 is 0.760 bits per heavy atom. The van der Waals surface area contributed by atoms with E-state index in [4.69, 9.17) is 4.99 Å². The first-order chi connectivity index (χ1) is 12.0. The number of unbranched alkanes of at least 4 members (excludes halogenated alkanes) is 7. The lowest BCUT2D eigenvalue weighted by atomic mass is 9.88. The van der Waals surface area contributed by atoms with E-state index in [-0.39, 0.29) is 5.54 Å². The van der Waals surface area contributed by atoms with Gasteiger partial charge < -0.3 is 0 Å². The summed E-state index contributed by atoms with van der Waals surface area (Å²) in [5, 5.41) is 0. The molecule has 0 bridgehead atoms. The lowest BCUT2D eigenvalue weighted by Crippen LogP contribution is -2.24. The van der Waals surface area contributed by atoms with Gasteiger partial charge in [0.15, 0.2) is 0 Å². The van der Waals surface area contributed by atoms with E-state index < -0.39 is 0 Å².